The predicted molar refractivity (Wildman–Crippen MR) is 97.8 cm³/mol. The fourth-order valence-electron chi connectivity index (χ4n) is 2.91. The number of fused-ring (bicyclic) bond motifs is 1. The maximum atomic E-state index is 12.4. The molecule has 1 amide bonds. The first kappa shape index (κ1) is 18.0. The number of aromatic nitrogens is 2. The topological polar surface area (TPSA) is 84.5 Å². The summed E-state index contributed by atoms with van der Waals surface area (Å²) in [5.74, 6) is -0.476. The molecule has 3 rings (SSSR count). The van der Waals surface area contributed by atoms with Crippen molar-refractivity contribution in [1.29, 1.82) is 0 Å². The third-order valence-electron chi connectivity index (χ3n) is 4.08. The van der Waals surface area contributed by atoms with Gasteiger partial charge in [-0.3, -0.25) is 0 Å². The number of rotatable bonds is 2. The Balaban J connectivity index is 1.84. The van der Waals surface area contributed by atoms with E-state index in [0.29, 0.717) is 18.7 Å². The van der Waals surface area contributed by atoms with Crippen LogP contribution in [0.15, 0.2) is 24.4 Å². The van der Waals surface area contributed by atoms with Crippen molar-refractivity contribution < 1.29 is 19.1 Å². The van der Waals surface area contributed by atoms with Gasteiger partial charge in [0.25, 0.3) is 0 Å². The van der Waals surface area contributed by atoms with E-state index in [2.05, 4.69) is 16.0 Å². The highest BCUT2D eigenvalue weighted by Crippen LogP contribution is 2.28. The molecule has 0 atom stereocenters. The molecule has 0 bridgehead atoms. The smallest absolute Gasteiger partial charge is 0.410 e. The number of aromatic amines is 1. The molecule has 0 aliphatic carbocycles. The van der Waals surface area contributed by atoms with Crippen molar-refractivity contribution in [2.75, 3.05) is 20.2 Å². The molecule has 0 saturated heterocycles. The van der Waals surface area contributed by atoms with Crippen LogP contribution < -0.4 is 0 Å². The number of carbonyl (C=O) groups excluding carboxylic acids is 2. The Morgan fingerprint density at radius 2 is 2.04 bits per heavy atom. The van der Waals surface area contributed by atoms with Crippen LogP contribution in [-0.2, 0) is 9.47 Å². The van der Waals surface area contributed by atoms with Gasteiger partial charge in [-0.15, -0.1) is 0 Å². The number of methoxy groups -OCH3 is 1. The largest absolute Gasteiger partial charge is 0.464 e. The number of H-pyrrole nitrogens is 1. The first-order chi connectivity index (χ1) is 12.3. The van der Waals surface area contributed by atoms with Gasteiger partial charge in [0.2, 0.25) is 0 Å². The van der Waals surface area contributed by atoms with Gasteiger partial charge in [0.05, 0.1) is 7.11 Å². The highest BCUT2D eigenvalue weighted by Gasteiger charge is 2.25. The van der Waals surface area contributed by atoms with E-state index >= 15 is 0 Å². The lowest BCUT2D eigenvalue weighted by Crippen LogP contribution is -2.39. The van der Waals surface area contributed by atoms with E-state index in [-0.39, 0.29) is 11.8 Å². The molecule has 0 radical (unpaired) electrons. The molecule has 1 aliphatic heterocycles. The molecule has 0 fully saturated rings. The van der Waals surface area contributed by atoms with Gasteiger partial charge in [-0.2, -0.15) is 0 Å². The van der Waals surface area contributed by atoms with Crippen LogP contribution in [0.25, 0.3) is 16.6 Å². The SMILES string of the molecule is COC(=O)c1ccc2c(C3=CCCN(C(=O)OC(C)(C)C)C3)c[nH]c2n1. The molecular formula is C19H23N3O4. The van der Waals surface area contributed by atoms with Gasteiger partial charge < -0.3 is 19.4 Å². The number of carbonyl (C=O) groups is 2. The number of ether oxygens (including phenoxy) is 2. The normalized spacial score (nSPS) is 14.9. The summed E-state index contributed by atoms with van der Waals surface area (Å²) in [6.07, 6.45) is 4.42. The van der Waals surface area contributed by atoms with Gasteiger partial charge in [0, 0.05) is 30.2 Å². The Kier molecular flexibility index (Phi) is 4.71. The number of esters is 1. The van der Waals surface area contributed by atoms with Crippen LogP contribution in [0.5, 0.6) is 0 Å². The summed E-state index contributed by atoms with van der Waals surface area (Å²) in [5, 5.41) is 0.898. The van der Waals surface area contributed by atoms with E-state index in [4.69, 9.17) is 9.47 Å². The third-order valence-corrected chi connectivity index (χ3v) is 4.08. The van der Waals surface area contributed by atoms with Gasteiger partial charge >= 0.3 is 12.1 Å². The lowest BCUT2D eigenvalue weighted by atomic mass is 10.0. The molecule has 1 N–H and O–H groups in total. The summed E-state index contributed by atoms with van der Waals surface area (Å²) in [4.78, 5) is 33.1. The average Bonchev–Trinajstić information content (AvgIpc) is 3.02. The number of amides is 1. The van der Waals surface area contributed by atoms with E-state index in [0.717, 1.165) is 22.9 Å². The van der Waals surface area contributed by atoms with Gasteiger partial charge in [-0.25, -0.2) is 14.6 Å². The number of nitrogens with zero attached hydrogens (tertiary/aromatic N) is 2. The number of hydrogen-bond donors (Lipinski definition) is 1. The maximum absolute atomic E-state index is 12.4. The van der Waals surface area contributed by atoms with Crippen molar-refractivity contribution in [3.05, 3.63) is 35.7 Å². The second-order valence-corrected chi connectivity index (χ2v) is 7.21. The maximum Gasteiger partial charge on any atom is 0.410 e. The van der Waals surface area contributed by atoms with Gasteiger partial charge in [0.15, 0.2) is 5.69 Å². The highest BCUT2D eigenvalue weighted by atomic mass is 16.6. The van der Waals surface area contributed by atoms with Crippen LogP contribution in [0.2, 0.25) is 0 Å². The molecular weight excluding hydrogens is 334 g/mol. The number of hydrogen-bond acceptors (Lipinski definition) is 5. The van der Waals surface area contributed by atoms with Gasteiger partial charge in [-0.1, -0.05) is 6.08 Å². The summed E-state index contributed by atoms with van der Waals surface area (Å²) in [7, 11) is 1.33. The average molecular weight is 357 g/mol. The minimum atomic E-state index is -0.520. The first-order valence-electron chi connectivity index (χ1n) is 8.52. The van der Waals surface area contributed by atoms with Gasteiger partial charge in [-0.05, 0) is 44.9 Å². The Bertz CT molecular complexity index is 877. The fourth-order valence-corrected chi connectivity index (χ4v) is 2.91. The van der Waals surface area contributed by atoms with Crippen LogP contribution in [-0.4, -0.2) is 52.7 Å². The molecule has 2 aromatic rings. The van der Waals surface area contributed by atoms with Gasteiger partial charge in [0.1, 0.15) is 11.2 Å². The Morgan fingerprint density at radius 3 is 2.73 bits per heavy atom. The van der Waals surface area contributed by atoms with E-state index in [9.17, 15) is 9.59 Å². The Morgan fingerprint density at radius 1 is 1.27 bits per heavy atom. The van der Waals surface area contributed by atoms with Crippen LogP contribution in [0, 0.1) is 0 Å². The van der Waals surface area contributed by atoms with Crippen molar-refractivity contribution in [2.45, 2.75) is 32.8 Å². The Hall–Kier alpha value is -2.83. The first-order valence-corrected chi connectivity index (χ1v) is 8.52. The monoisotopic (exact) mass is 357 g/mol. The molecule has 7 heteroatoms. The molecule has 0 saturated carbocycles. The standard InChI is InChI=1S/C19H23N3O4/c1-19(2,3)26-18(24)22-9-5-6-12(11-22)14-10-20-16-13(14)7-8-15(21-16)17(23)25-4/h6-8,10H,5,9,11H2,1-4H3,(H,20,21). The van der Waals surface area contributed by atoms with Crippen LogP contribution in [0.3, 0.4) is 0 Å². The minimum Gasteiger partial charge on any atom is -0.464 e. The Labute approximate surface area is 152 Å². The van der Waals surface area contributed by atoms with E-state index in [1.165, 1.54) is 7.11 Å². The van der Waals surface area contributed by atoms with Crippen molar-refractivity contribution in [1.82, 2.24) is 14.9 Å². The second kappa shape index (κ2) is 6.82. The summed E-state index contributed by atoms with van der Waals surface area (Å²) in [6, 6.07) is 3.48. The predicted octanol–water partition coefficient (Wildman–Crippen LogP) is 3.37. The molecule has 0 aromatic carbocycles. The van der Waals surface area contributed by atoms with Crippen molar-refractivity contribution in [3.63, 3.8) is 0 Å². The van der Waals surface area contributed by atoms with Crippen molar-refractivity contribution >= 4 is 28.7 Å². The lowest BCUT2D eigenvalue weighted by Gasteiger charge is -2.30. The summed E-state index contributed by atoms with van der Waals surface area (Å²) >= 11 is 0. The number of pyridine rings is 1. The van der Waals surface area contributed by atoms with Crippen LogP contribution in [0.4, 0.5) is 4.79 Å². The van der Waals surface area contributed by atoms with E-state index < -0.39 is 11.6 Å². The fraction of sp³-hybridized carbons (Fsp3) is 0.421. The molecule has 138 valence electrons. The quantitative estimate of drug-likeness (QED) is 0.833. The minimum absolute atomic E-state index is 0.251. The van der Waals surface area contributed by atoms with E-state index in [1.54, 1.807) is 11.0 Å². The van der Waals surface area contributed by atoms with Crippen LogP contribution in [0.1, 0.15) is 43.2 Å². The molecule has 2 aromatic heterocycles. The number of nitrogens with one attached hydrogen (secondary N) is 1. The summed E-state index contributed by atoms with van der Waals surface area (Å²) in [6.45, 7) is 6.67. The van der Waals surface area contributed by atoms with E-state index in [1.807, 2.05) is 33.0 Å². The molecule has 1 aliphatic rings. The summed E-state index contributed by atoms with van der Waals surface area (Å²) in [5.41, 5.74) is 2.34. The summed E-state index contributed by atoms with van der Waals surface area (Å²) < 4.78 is 10.2. The zero-order valence-electron chi connectivity index (χ0n) is 15.5. The highest BCUT2D eigenvalue weighted by molar-refractivity contribution is 5.95. The molecule has 7 nitrogen and oxygen atoms in total. The van der Waals surface area contributed by atoms with Crippen LogP contribution >= 0.6 is 0 Å². The molecule has 26 heavy (non-hydrogen) atoms. The lowest BCUT2D eigenvalue weighted by molar-refractivity contribution is 0.0273. The van der Waals surface area contributed by atoms with Crippen molar-refractivity contribution in [3.8, 4) is 0 Å². The molecule has 3 heterocycles. The molecule has 0 unspecified atom stereocenters. The second-order valence-electron chi connectivity index (χ2n) is 7.21. The molecule has 0 spiro atoms. The zero-order chi connectivity index (χ0) is 18.9. The van der Waals surface area contributed by atoms with Crippen molar-refractivity contribution in [2.24, 2.45) is 0 Å². The zero-order valence-corrected chi connectivity index (χ0v) is 15.5. The third kappa shape index (κ3) is 3.71.